The summed E-state index contributed by atoms with van der Waals surface area (Å²) in [7, 11) is 0. The first kappa shape index (κ1) is 11.8. The Morgan fingerprint density at radius 2 is 2.25 bits per heavy atom. The summed E-state index contributed by atoms with van der Waals surface area (Å²) >= 11 is 0. The molecule has 0 spiro atoms. The van der Waals surface area contributed by atoms with Crippen molar-refractivity contribution in [1.82, 2.24) is 4.90 Å². The van der Waals surface area contributed by atoms with Gasteiger partial charge in [-0.25, -0.2) is 0 Å². The second kappa shape index (κ2) is 4.31. The smallest absolute Gasteiger partial charge is 0.242 e. The summed E-state index contributed by atoms with van der Waals surface area (Å²) in [6, 6.07) is 0. The summed E-state index contributed by atoms with van der Waals surface area (Å²) in [6.45, 7) is 2.89. The maximum absolute atomic E-state index is 12.2. The fourth-order valence-corrected chi connectivity index (χ4v) is 2.40. The molecule has 0 bridgehead atoms. The zero-order valence-electron chi connectivity index (χ0n) is 9.69. The van der Waals surface area contributed by atoms with E-state index in [-0.39, 0.29) is 24.7 Å². The number of nitrogens with zero attached hydrogens (tertiary/aromatic N) is 1. The maximum atomic E-state index is 12.2. The summed E-state index contributed by atoms with van der Waals surface area (Å²) < 4.78 is 5.50. The predicted octanol–water partition coefficient (Wildman–Crippen LogP) is -0.524. The van der Waals surface area contributed by atoms with E-state index in [9.17, 15) is 4.79 Å². The molecular weight excluding hydrogens is 208 g/mol. The van der Waals surface area contributed by atoms with E-state index in [1.54, 1.807) is 4.90 Å². The van der Waals surface area contributed by atoms with Crippen molar-refractivity contribution in [3.8, 4) is 0 Å². The molecule has 1 saturated heterocycles. The van der Waals surface area contributed by atoms with Crippen LogP contribution in [0.25, 0.3) is 0 Å². The molecular formula is C11H20N2O3. The maximum Gasteiger partial charge on any atom is 0.242 e. The molecule has 1 amide bonds. The zero-order chi connectivity index (χ0) is 11.8. The number of rotatable bonds is 2. The van der Waals surface area contributed by atoms with Crippen LogP contribution in [0, 0.1) is 0 Å². The molecule has 0 aromatic carbocycles. The lowest BCUT2D eigenvalue weighted by atomic mass is 9.76. The number of morpholine rings is 1. The highest BCUT2D eigenvalue weighted by Crippen LogP contribution is 2.31. The second-order valence-corrected chi connectivity index (χ2v) is 4.97. The molecule has 2 unspecified atom stereocenters. The minimum absolute atomic E-state index is 0.0207. The van der Waals surface area contributed by atoms with E-state index in [2.05, 4.69) is 0 Å². The van der Waals surface area contributed by atoms with Crippen molar-refractivity contribution in [3.63, 3.8) is 0 Å². The van der Waals surface area contributed by atoms with E-state index in [1.165, 1.54) is 0 Å². The number of ether oxygens (including phenoxy) is 1. The average Bonchev–Trinajstić information content (AvgIpc) is 2.24. The Hall–Kier alpha value is -0.650. The van der Waals surface area contributed by atoms with Gasteiger partial charge in [-0.3, -0.25) is 4.79 Å². The monoisotopic (exact) mass is 228 g/mol. The molecule has 1 aliphatic carbocycles. The lowest BCUT2D eigenvalue weighted by Gasteiger charge is -2.44. The topological polar surface area (TPSA) is 75.8 Å². The standard InChI is InChI=1S/C11H20N2O3/c1-8-5-13(6-9(7-14)16-8)10(15)11(12)3-2-4-11/h8-9,14H,2-7,12H2,1H3. The van der Waals surface area contributed by atoms with E-state index in [0.717, 1.165) is 19.3 Å². The number of hydrogen-bond donors (Lipinski definition) is 2. The van der Waals surface area contributed by atoms with Crippen molar-refractivity contribution in [2.24, 2.45) is 5.73 Å². The molecule has 5 heteroatoms. The van der Waals surface area contributed by atoms with E-state index < -0.39 is 5.54 Å². The van der Waals surface area contributed by atoms with Crippen LogP contribution in [-0.2, 0) is 9.53 Å². The Labute approximate surface area is 95.5 Å². The molecule has 92 valence electrons. The molecule has 1 heterocycles. The van der Waals surface area contributed by atoms with Crippen molar-refractivity contribution < 1.29 is 14.6 Å². The van der Waals surface area contributed by atoms with Crippen LogP contribution in [0.3, 0.4) is 0 Å². The quantitative estimate of drug-likeness (QED) is 0.666. The normalized spacial score (nSPS) is 33.3. The van der Waals surface area contributed by atoms with Gasteiger partial charge in [0.2, 0.25) is 5.91 Å². The van der Waals surface area contributed by atoms with Gasteiger partial charge in [0.05, 0.1) is 24.4 Å². The first-order valence-corrected chi connectivity index (χ1v) is 5.90. The fraction of sp³-hybridized carbons (Fsp3) is 0.909. The van der Waals surface area contributed by atoms with Gasteiger partial charge >= 0.3 is 0 Å². The molecule has 2 rings (SSSR count). The van der Waals surface area contributed by atoms with Crippen LogP contribution in [0.15, 0.2) is 0 Å². The van der Waals surface area contributed by atoms with Gasteiger partial charge in [0.25, 0.3) is 0 Å². The van der Waals surface area contributed by atoms with Crippen LogP contribution in [-0.4, -0.2) is 53.4 Å². The van der Waals surface area contributed by atoms with Gasteiger partial charge in [-0.05, 0) is 26.2 Å². The highest BCUT2D eigenvalue weighted by atomic mass is 16.5. The predicted molar refractivity (Wildman–Crippen MR) is 58.8 cm³/mol. The minimum atomic E-state index is -0.642. The summed E-state index contributed by atoms with van der Waals surface area (Å²) in [5, 5.41) is 9.09. The van der Waals surface area contributed by atoms with E-state index in [0.29, 0.717) is 13.1 Å². The van der Waals surface area contributed by atoms with Crippen LogP contribution in [0.2, 0.25) is 0 Å². The Morgan fingerprint density at radius 1 is 1.56 bits per heavy atom. The summed E-state index contributed by atoms with van der Waals surface area (Å²) in [4.78, 5) is 13.9. The van der Waals surface area contributed by atoms with Gasteiger partial charge in [0, 0.05) is 13.1 Å². The van der Waals surface area contributed by atoms with E-state index >= 15 is 0 Å². The van der Waals surface area contributed by atoms with Gasteiger partial charge in [0.1, 0.15) is 0 Å². The van der Waals surface area contributed by atoms with Gasteiger partial charge in [0.15, 0.2) is 0 Å². The molecule has 1 saturated carbocycles. The first-order chi connectivity index (χ1) is 7.55. The number of nitrogens with two attached hydrogens (primary N) is 1. The third-order valence-electron chi connectivity index (χ3n) is 3.49. The molecule has 3 N–H and O–H groups in total. The lowest BCUT2D eigenvalue weighted by Crippen LogP contribution is -2.63. The van der Waals surface area contributed by atoms with E-state index in [4.69, 9.17) is 15.6 Å². The van der Waals surface area contributed by atoms with Gasteiger partial charge in [-0.15, -0.1) is 0 Å². The molecule has 2 atom stereocenters. The zero-order valence-corrected chi connectivity index (χ0v) is 9.69. The molecule has 0 radical (unpaired) electrons. The summed E-state index contributed by atoms with van der Waals surface area (Å²) in [6.07, 6.45) is 2.30. The number of aliphatic hydroxyl groups excluding tert-OH is 1. The van der Waals surface area contributed by atoms with Crippen LogP contribution >= 0.6 is 0 Å². The summed E-state index contributed by atoms with van der Waals surface area (Å²) in [5.41, 5.74) is 5.37. The van der Waals surface area contributed by atoms with E-state index in [1.807, 2.05) is 6.92 Å². The molecule has 0 aromatic heterocycles. The fourth-order valence-electron chi connectivity index (χ4n) is 2.40. The summed E-state index contributed by atoms with van der Waals surface area (Å²) in [5.74, 6) is 0.0207. The molecule has 16 heavy (non-hydrogen) atoms. The second-order valence-electron chi connectivity index (χ2n) is 4.97. The third-order valence-corrected chi connectivity index (χ3v) is 3.49. The third kappa shape index (κ3) is 2.07. The van der Waals surface area contributed by atoms with Crippen molar-refractivity contribution >= 4 is 5.91 Å². The number of carbonyl (C=O) groups excluding carboxylic acids is 1. The van der Waals surface area contributed by atoms with Crippen molar-refractivity contribution in [2.75, 3.05) is 19.7 Å². The Balaban J connectivity index is 2.00. The van der Waals surface area contributed by atoms with Crippen molar-refractivity contribution in [1.29, 1.82) is 0 Å². The van der Waals surface area contributed by atoms with Crippen LogP contribution in [0.4, 0.5) is 0 Å². The largest absolute Gasteiger partial charge is 0.394 e. The highest BCUT2D eigenvalue weighted by Gasteiger charge is 2.44. The van der Waals surface area contributed by atoms with Crippen LogP contribution < -0.4 is 5.73 Å². The molecule has 1 aliphatic heterocycles. The van der Waals surface area contributed by atoms with Gasteiger partial charge in [-0.2, -0.15) is 0 Å². The van der Waals surface area contributed by atoms with Crippen molar-refractivity contribution in [2.45, 2.75) is 43.9 Å². The highest BCUT2D eigenvalue weighted by molar-refractivity contribution is 5.87. The number of amides is 1. The van der Waals surface area contributed by atoms with Crippen LogP contribution in [0.1, 0.15) is 26.2 Å². The SMILES string of the molecule is CC1CN(C(=O)C2(N)CCC2)CC(CO)O1. The molecule has 2 fully saturated rings. The van der Waals surface area contributed by atoms with Crippen LogP contribution in [0.5, 0.6) is 0 Å². The van der Waals surface area contributed by atoms with Gasteiger partial charge in [-0.1, -0.05) is 0 Å². The number of hydrogen-bond acceptors (Lipinski definition) is 4. The number of carbonyl (C=O) groups is 1. The molecule has 0 aromatic rings. The molecule has 5 nitrogen and oxygen atoms in total. The number of aliphatic hydroxyl groups is 1. The average molecular weight is 228 g/mol. The Kier molecular flexibility index (Phi) is 3.19. The van der Waals surface area contributed by atoms with Crippen molar-refractivity contribution in [3.05, 3.63) is 0 Å². The lowest BCUT2D eigenvalue weighted by molar-refractivity contribution is -0.155. The Morgan fingerprint density at radius 3 is 2.75 bits per heavy atom. The first-order valence-electron chi connectivity index (χ1n) is 5.90. The van der Waals surface area contributed by atoms with Gasteiger partial charge < -0.3 is 20.5 Å². The minimum Gasteiger partial charge on any atom is -0.394 e. The molecule has 2 aliphatic rings. The Bertz CT molecular complexity index is 278.